The molecule has 0 fully saturated rings. The van der Waals surface area contributed by atoms with E-state index in [1.54, 1.807) is 19.2 Å². The van der Waals surface area contributed by atoms with Crippen LogP contribution in [0.25, 0.3) is 0 Å². The van der Waals surface area contributed by atoms with Crippen LogP contribution in [0.4, 0.5) is 13.2 Å². The quantitative estimate of drug-likeness (QED) is 0.854. The third kappa shape index (κ3) is 3.46. The van der Waals surface area contributed by atoms with Crippen molar-refractivity contribution in [3.05, 3.63) is 35.4 Å². The van der Waals surface area contributed by atoms with Gasteiger partial charge in [-0.15, -0.1) is 0 Å². The Morgan fingerprint density at radius 3 is 2.06 bits per heavy atom. The van der Waals surface area contributed by atoms with E-state index >= 15 is 0 Å². The second-order valence-electron chi connectivity index (χ2n) is 4.78. The van der Waals surface area contributed by atoms with Crippen LogP contribution in [0.2, 0.25) is 0 Å². The largest absolute Gasteiger partial charge is 0.416 e. The second-order valence-corrected chi connectivity index (χ2v) is 4.78. The van der Waals surface area contributed by atoms with Crippen molar-refractivity contribution in [2.45, 2.75) is 31.9 Å². The molecule has 0 atom stereocenters. The first-order chi connectivity index (χ1) is 7.79. The molecule has 1 rings (SSSR count). The van der Waals surface area contributed by atoms with Gasteiger partial charge in [0.1, 0.15) is 0 Å². The minimum Gasteiger partial charge on any atom is -0.320 e. The van der Waals surface area contributed by atoms with Gasteiger partial charge in [0.2, 0.25) is 0 Å². The number of alkyl halides is 3. The van der Waals surface area contributed by atoms with E-state index in [4.69, 9.17) is 0 Å². The lowest BCUT2D eigenvalue weighted by Crippen LogP contribution is -2.26. The number of rotatable bonds is 4. The molecule has 4 heteroatoms. The summed E-state index contributed by atoms with van der Waals surface area (Å²) in [4.78, 5) is 0. The molecule has 0 aliphatic rings. The van der Waals surface area contributed by atoms with E-state index in [1.165, 1.54) is 6.07 Å². The Labute approximate surface area is 100 Å². The van der Waals surface area contributed by atoms with E-state index in [1.807, 2.05) is 13.8 Å². The molecule has 1 aromatic rings. The van der Waals surface area contributed by atoms with E-state index in [-0.39, 0.29) is 0 Å². The fourth-order valence-corrected chi connectivity index (χ4v) is 1.89. The van der Waals surface area contributed by atoms with Crippen molar-refractivity contribution >= 4 is 0 Å². The van der Waals surface area contributed by atoms with Crippen LogP contribution in [0, 0.1) is 0 Å². The Balaban J connectivity index is 3.13. The molecule has 0 aliphatic carbocycles. The van der Waals surface area contributed by atoms with Gasteiger partial charge in [0.25, 0.3) is 0 Å². The van der Waals surface area contributed by atoms with Gasteiger partial charge in [-0.25, -0.2) is 0 Å². The van der Waals surface area contributed by atoms with Gasteiger partial charge in [0, 0.05) is 0 Å². The van der Waals surface area contributed by atoms with E-state index in [0.717, 1.165) is 6.07 Å². The van der Waals surface area contributed by atoms with Gasteiger partial charge in [0.05, 0.1) is 5.56 Å². The molecule has 0 spiro atoms. The smallest absolute Gasteiger partial charge is 0.320 e. The summed E-state index contributed by atoms with van der Waals surface area (Å²) in [5.41, 5.74) is -0.654. The highest BCUT2D eigenvalue weighted by atomic mass is 19.4. The molecule has 0 bridgehead atoms. The monoisotopic (exact) mass is 245 g/mol. The van der Waals surface area contributed by atoms with Crippen molar-refractivity contribution in [3.63, 3.8) is 0 Å². The van der Waals surface area contributed by atoms with Crippen LogP contribution in [-0.4, -0.2) is 13.6 Å². The van der Waals surface area contributed by atoms with Crippen LogP contribution in [-0.2, 0) is 11.6 Å². The van der Waals surface area contributed by atoms with Crippen LogP contribution in [0.5, 0.6) is 0 Å². The van der Waals surface area contributed by atoms with Crippen LogP contribution in [0.15, 0.2) is 24.3 Å². The highest BCUT2D eigenvalue weighted by molar-refractivity contribution is 5.35. The van der Waals surface area contributed by atoms with Gasteiger partial charge in [0.15, 0.2) is 0 Å². The summed E-state index contributed by atoms with van der Waals surface area (Å²) in [6, 6.07) is 5.81. The summed E-state index contributed by atoms with van der Waals surface area (Å²) in [5, 5.41) is 2.97. The number of benzene rings is 1. The van der Waals surface area contributed by atoms with Gasteiger partial charge in [-0.1, -0.05) is 32.0 Å². The zero-order valence-corrected chi connectivity index (χ0v) is 10.4. The lowest BCUT2D eigenvalue weighted by atomic mass is 9.79. The fraction of sp³-hybridized carbons (Fsp3) is 0.538. The van der Waals surface area contributed by atoms with Crippen molar-refractivity contribution in [1.29, 1.82) is 0 Å². The van der Waals surface area contributed by atoms with Crippen LogP contribution in [0.3, 0.4) is 0 Å². The van der Waals surface area contributed by atoms with Gasteiger partial charge in [-0.05, 0) is 37.1 Å². The molecule has 1 aromatic carbocycles. The third-order valence-corrected chi connectivity index (χ3v) is 2.96. The molecule has 0 saturated carbocycles. The number of hydrogen-bond donors (Lipinski definition) is 1. The molecule has 0 aromatic heterocycles. The summed E-state index contributed by atoms with van der Waals surface area (Å²) < 4.78 is 38.7. The normalized spacial score (nSPS) is 12.8. The van der Waals surface area contributed by atoms with Gasteiger partial charge < -0.3 is 5.32 Å². The van der Waals surface area contributed by atoms with Crippen LogP contribution >= 0.6 is 0 Å². The Kier molecular flexibility index (Phi) is 4.20. The maximum Gasteiger partial charge on any atom is 0.416 e. The topological polar surface area (TPSA) is 12.0 Å². The third-order valence-electron chi connectivity index (χ3n) is 2.96. The molecule has 0 heterocycles. The maximum atomic E-state index is 12.9. The molecule has 1 N–H and O–H groups in total. The van der Waals surface area contributed by atoms with E-state index in [9.17, 15) is 13.2 Å². The number of halogens is 3. The van der Waals surface area contributed by atoms with Crippen molar-refractivity contribution in [3.8, 4) is 0 Å². The summed E-state index contributed by atoms with van der Waals surface area (Å²) in [5.74, 6) is 0. The minimum atomic E-state index is -4.28. The Morgan fingerprint density at radius 2 is 1.59 bits per heavy atom. The van der Waals surface area contributed by atoms with E-state index < -0.39 is 17.2 Å². The molecule has 0 amide bonds. The molecule has 17 heavy (non-hydrogen) atoms. The number of nitrogens with one attached hydrogen (secondary N) is 1. The molecule has 0 radical (unpaired) electrons. The molecule has 0 aliphatic heterocycles. The summed E-state index contributed by atoms with van der Waals surface area (Å²) >= 11 is 0. The lowest BCUT2D eigenvalue weighted by molar-refractivity contribution is -0.138. The highest BCUT2D eigenvalue weighted by Crippen LogP contribution is 2.38. The lowest BCUT2D eigenvalue weighted by Gasteiger charge is -2.28. The average Bonchev–Trinajstić information content (AvgIpc) is 2.25. The first kappa shape index (κ1) is 14.0. The molecule has 0 saturated heterocycles. The molecular formula is C13H18F3N. The van der Waals surface area contributed by atoms with Crippen molar-refractivity contribution in [1.82, 2.24) is 5.32 Å². The fourth-order valence-electron chi connectivity index (χ4n) is 1.89. The van der Waals surface area contributed by atoms with Gasteiger partial charge in [-0.2, -0.15) is 13.2 Å². The Morgan fingerprint density at radius 1 is 1.06 bits per heavy atom. The van der Waals surface area contributed by atoms with Crippen molar-refractivity contribution < 1.29 is 13.2 Å². The predicted molar refractivity (Wildman–Crippen MR) is 63.0 cm³/mol. The van der Waals surface area contributed by atoms with E-state index in [0.29, 0.717) is 18.5 Å². The van der Waals surface area contributed by atoms with Crippen LogP contribution in [0.1, 0.15) is 31.4 Å². The minimum absolute atomic E-state index is 0.364. The molecule has 1 nitrogen and oxygen atoms in total. The van der Waals surface area contributed by atoms with Crippen LogP contribution < -0.4 is 5.32 Å². The van der Waals surface area contributed by atoms with E-state index in [2.05, 4.69) is 5.32 Å². The molecule has 0 unspecified atom stereocenters. The van der Waals surface area contributed by atoms with Gasteiger partial charge in [-0.3, -0.25) is 0 Å². The molecular weight excluding hydrogens is 227 g/mol. The second kappa shape index (κ2) is 5.08. The Hall–Kier alpha value is -1.03. The van der Waals surface area contributed by atoms with Gasteiger partial charge >= 0.3 is 6.18 Å². The zero-order chi connectivity index (χ0) is 13.1. The SMILES string of the molecule is CNCCC(C)(C)c1ccccc1C(F)(F)F. The van der Waals surface area contributed by atoms with Crippen molar-refractivity contribution in [2.24, 2.45) is 0 Å². The average molecular weight is 245 g/mol. The first-order valence-corrected chi connectivity index (χ1v) is 5.60. The predicted octanol–water partition coefficient (Wildman–Crippen LogP) is 3.59. The maximum absolute atomic E-state index is 12.9. The number of hydrogen-bond acceptors (Lipinski definition) is 1. The summed E-state index contributed by atoms with van der Waals surface area (Å²) in [6.07, 6.45) is -3.62. The summed E-state index contributed by atoms with van der Waals surface area (Å²) in [7, 11) is 1.80. The zero-order valence-electron chi connectivity index (χ0n) is 10.4. The highest BCUT2D eigenvalue weighted by Gasteiger charge is 2.36. The molecule has 96 valence electrons. The standard InChI is InChI=1S/C13H18F3N/c1-12(2,8-9-17-3)10-6-4-5-7-11(10)13(14,15)16/h4-7,17H,8-9H2,1-3H3. The van der Waals surface area contributed by atoms with Crippen molar-refractivity contribution in [2.75, 3.05) is 13.6 Å². The Bertz CT molecular complexity index is 369. The first-order valence-electron chi connectivity index (χ1n) is 5.60. The summed E-state index contributed by atoms with van der Waals surface area (Å²) in [6.45, 7) is 4.38.